The largest absolute Gasteiger partial charge is 0.379 e. The summed E-state index contributed by atoms with van der Waals surface area (Å²) in [7, 11) is 0. The number of piperidine rings is 1. The minimum atomic E-state index is 0.0976. The van der Waals surface area contributed by atoms with E-state index >= 15 is 0 Å². The molecule has 7 heteroatoms. The molecule has 144 valence electrons. The van der Waals surface area contributed by atoms with Gasteiger partial charge in [0.15, 0.2) is 0 Å². The van der Waals surface area contributed by atoms with Gasteiger partial charge in [-0.1, -0.05) is 13.8 Å². The molecule has 1 amide bonds. The first kappa shape index (κ1) is 19.0. The molecule has 1 aromatic heterocycles. The Hall–Kier alpha value is -1.73. The van der Waals surface area contributed by atoms with Crippen LogP contribution >= 0.6 is 0 Å². The van der Waals surface area contributed by atoms with Crippen molar-refractivity contribution in [3.05, 3.63) is 18.6 Å². The molecular formula is C19H31N5O2. The van der Waals surface area contributed by atoms with E-state index in [4.69, 9.17) is 4.74 Å². The molecule has 7 nitrogen and oxygen atoms in total. The van der Waals surface area contributed by atoms with Crippen molar-refractivity contribution in [2.24, 2.45) is 11.8 Å². The molecule has 3 heterocycles. The third-order valence-electron chi connectivity index (χ3n) is 5.51. The number of nitrogens with zero attached hydrogens (tertiary/aromatic N) is 4. The summed E-state index contributed by atoms with van der Waals surface area (Å²) >= 11 is 0. The van der Waals surface area contributed by atoms with E-state index in [-0.39, 0.29) is 11.8 Å². The summed E-state index contributed by atoms with van der Waals surface area (Å²) in [4.78, 5) is 25.8. The van der Waals surface area contributed by atoms with E-state index in [0.29, 0.717) is 12.0 Å². The molecule has 0 bridgehead atoms. The third kappa shape index (κ3) is 4.92. The molecule has 0 spiro atoms. The molecule has 3 rings (SSSR count). The normalized spacial score (nSPS) is 21.0. The van der Waals surface area contributed by atoms with Gasteiger partial charge in [-0.3, -0.25) is 14.7 Å². The van der Waals surface area contributed by atoms with Crippen molar-refractivity contribution in [2.45, 2.75) is 32.7 Å². The molecule has 0 radical (unpaired) electrons. The summed E-state index contributed by atoms with van der Waals surface area (Å²) in [6.45, 7) is 10.4. The van der Waals surface area contributed by atoms with Crippen molar-refractivity contribution in [1.82, 2.24) is 20.2 Å². The average molecular weight is 361 g/mol. The lowest BCUT2D eigenvalue weighted by molar-refractivity contribution is -0.126. The Morgan fingerprint density at radius 3 is 2.58 bits per heavy atom. The second-order valence-corrected chi connectivity index (χ2v) is 7.53. The zero-order chi connectivity index (χ0) is 18.4. The number of anilines is 1. The number of carbonyl (C=O) groups excluding carboxylic acids is 1. The zero-order valence-electron chi connectivity index (χ0n) is 15.9. The zero-order valence-corrected chi connectivity index (χ0v) is 15.9. The predicted octanol–water partition coefficient (Wildman–Crippen LogP) is 1.17. The van der Waals surface area contributed by atoms with E-state index in [0.717, 1.165) is 64.6 Å². The molecule has 2 saturated heterocycles. The van der Waals surface area contributed by atoms with Crippen molar-refractivity contribution < 1.29 is 9.53 Å². The van der Waals surface area contributed by atoms with Crippen LogP contribution in [0.3, 0.4) is 0 Å². The number of morpholine rings is 1. The smallest absolute Gasteiger partial charge is 0.223 e. The van der Waals surface area contributed by atoms with Gasteiger partial charge in [0, 0.05) is 57.1 Å². The van der Waals surface area contributed by atoms with E-state index in [1.807, 2.05) is 0 Å². The fourth-order valence-corrected chi connectivity index (χ4v) is 3.87. The number of rotatable bonds is 6. The molecule has 2 aliphatic heterocycles. The second kappa shape index (κ2) is 9.28. The summed E-state index contributed by atoms with van der Waals surface area (Å²) in [6.07, 6.45) is 6.92. The van der Waals surface area contributed by atoms with Crippen LogP contribution < -0.4 is 10.2 Å². The fourth-order valence-electron chi connectivity index (χ4n) is 3.87. The molecule has 0 saturated carbocycles. The Bertz CT molecular complexity index is 554. The maximum atomic E-state index is 12.7. The molecule has 0 aliphatic carbocycles. The van der Waals surface area contributed by atoms with Gasteiger partial charge in [0.2, 0.25) is 5.91 Å². The van der Waals surface area contributed by atoms with Gasteiger partial charge in [-0.2, -0.15) is 0 Å². The Labute approximate surface area is 156 Å². The number of hydrogen-bond acceptors (Lipinski definition) is 6. The van der Waals surface area contributed by atoms with Crippen LogP contribution in [0.5, 0.6) is 0 Å². The molecule has 2 aliphatic rings. The van der Waals surface area contributed by atoms with E-state index in [1.165, 1.54) is 0 Å². The van der Waals surface area contributed by atoms with Gasteiger partial charge < -0.3 is 15.0 Å². The number of aromatic nitrogens is 2. The Balaban J connectivity index is 1.46. The van der Waals surface area contributed by atoms with E-state index in [2.05, 4.69) is 38.9 Å². The van der Waals surface area contributed by atoms with Crippen LogP contribution in [0.15, 0.2) is 18.6 Å². The lowest BCUT2D eigenvalue weighted by Crippen LogP contribution is -2.52. The van der Waals surface area contributed by atoms with Crippen molar-refractivity contribution >= 4 is 11.7 Å². The Kier molecular flexibility index (Phi) is 6.80. The minimum Gasteiger partial charge on any atom is -0.379 e. The van der Waals surface area contributed by atoms with Crippen LogP contribution in [0.25, 0.3) is 0 Å². The van der Waals surface area contributed by atoms with Crippen molar-refractivity contribution in [2.75, 3.05) is 50.8 Å². The van der Waals surface area contributed by atoms with Gasteiger partial charge in [-0.25, -0.2) is 4.98 Å². The molecule has 0 aromatic carbocycles. The highest BCUT2D eigenvalue weighted by Crippen LogP contribution is 2.21. The molecular weight excluding hydrogens is 330 g/mol. The highest BCUT2D eigenvalue weighted by Gasteiger charge is 2.28. The van der Waals surface area contributed by atoms with Gasteiger partial charge in [0.1, 0.15) is 5.82 Å². The summed E-state index contributed by atoms with van der Waals surface area (Å²) in [6, 6.07) is 0.377. The maximum absolute atomic E-state index is 12.7. The van der Waals surface area contributed by atoms with E-state index in [1.54, 1.807) is 18.6 Å². The summed E-state index contributed by atoms with van der Waals surface area (Å²) in [5.74, 6) is 1.70. The number of hydrogen-bond donors (Lipinski definition) is 1. The fraction of sp³-hybridized carbons (Fsp3) is 0.737. The summed E-state index contributed by atoms with van der Waals surface area (Å²) in [5.41, 5.74) is 0. The molecule has 1 N–H and O–H groups in total. The molecule has 1 aromatic rings. The van der Waals surface area contributed by atoms with Crippen molar-refractivity contribution in [1.29, 1.82) is 0 Å². The second-order valence-electron chi connectivity index (χ2n) is 7.53. The number of carbonyl (C=O) groups is 1. The highest BCUT2D eigenvalue weighted by molar-refractivity contribution is 5.79. The van der Waals surface area contributed by atoms with Gasteiger partial charge in [0.25, 0.3) is 0 Å². The summed E-state index contributed by atoms with van der Waals surface area (Å²) < 4.78 is 5.45. The lowest BCUT2D eigenvalue weighted by atomic mass is 9.95. The van der Waals surface area contributed by atoms with Gasteiger partial charge >= 0.3 is 0 Å². The van der Waals surface area contributed by atoms with Crippen molar-refractivity contribution in [3.8, 4) is 0 Å². The van der Waals surface area contributed by atoms with Crippen LogP contribution in [-0.2, 0) is 9.53 Å². The Morgan fingerprint density at radius 2 is 1.96 bits per heavy atom. The van der Waals surface area contributed by atoms with Crippen LogP contribution in [0.1, 0.15) is 26.7 Å². The first-order valence-corrected chi connectivity index (χ1v) is 9.75. The standard InChI is InChI=1S/C19H31N5O2/c1-15(2)17(23-9-11-26-12-10-23)13-22-19(25)16-3-7-24(8-4-16)18-14-20-5-6-21-18/h5-6,14-17H,3-4,7-13H2,1-2H3,(H,22,25). The van der Waals surface area contributed by atoms with Gasteiger partial charge in [0.05, 0.1) is 19.4 Å². The van der Waals surface area contributed by atoms with E-state index in [9.17, 15) is 4.79 Å². The van der Waals surface area contributed by atoms with Crippen LogP contribution in [0, 0.1) is 11.8 Å². The molecule has 1 unspecified atom stereocenters. The third-order valence-corrected chi connectivity index (χ3v) is 5.51. The number of nitrogens with one attached hydrogen (secondary N) is 1. The maximum Gasteiger partial charge on any atom is 0.223 e. The van der Waals surface area contributed by atoms with Gasteiger partial charge in [-0.15, -0.1) is 0 Å². The van der Waals surface area contributed by atoms with Crippen LogP contribution in [0.2, 0.25) is 0 Å². The lowest BCUT2D eigenvalue weighted by Gasteiger charge is -2.37. The molecule has 26 heavy (non-hydrogen) atoms. The number of ether oxygens (including phenoxy) is 1. The van der Waals surface area contributed by atoms with Crippen molar-refractivity contribution in [3.63, 3.8) is 0 Å². The van der Waals surface area contributed by atoms with E-state index < -0.39 is 0 Å². The molecule has 2 fully saturated rings. The minimum absolute atomic E-state index is 0.0976. The quantitative estimate of drug-likeness (QED) is 0.820. The first-order valence-electron chi connectivity index (χ1n) is 9.75. The SMILES string of the molecule is CC(C)C(CNC(=O)C1CCN(c2cnccn2)CC1)N1CCOCC1. The van der Waals surface area contributed by atoms with Gasteiger partial charge in [-0.05, 0) is 18.8 Å². The first-order chi connectivity index (χ1) is 12.6. The Morgan fingerprint density at radius 1 is 1.23 bits per heavy atom. The summed E-state index contributed by atoms with van der Waals surface area (Å²) in [5, 5.41) is 3.22. The average Bonchev–Trinajstić information content (AvgIpc) is 2.69. The highest BCUT2D eigenvalue weighted by atomic mass is 16.5. The molecule has 1 atom stereocenters. The van der Waals surface area contributed by atoms with Crippen LogP contribution in [0.4, 0.5) is 5.82 Å². The topological polar surface area (TPSA) is 70.6 Å². The monoisotopic (exact) mass is 361 g/mol. The predicted molar refractivity (Wildman–Crippen MR) is 101 cm³/mol. The van der Waals surface area contributed by atoms with Crippen LogP contribution in [-0.4, -0.2) is 72.8 Å². The number of amides is 1.